The standard InChI is InChI=1S/C18H19N3O3S/c1-5-23-18(22)14-10(2)24-17-15(14)16(19-11(3)20-17)21-12-7-6-8-13(9-12)25-4/h6-9H,5H2,1-4H3,(H,19,20,21). The smallest absolute Gasteiger partial charge is 0.342 e. The van der Waals surface area contributed by atoms with E-state index >= 15 is 0 Å². The van der Waals surface area contributed by atoms with Crippen LogP contribution in [-0.4, -0.2) is 28.8 Å². The van der Waals surface area contributed by atoms with Crippen molar-refractivity contribution in [1.29, 1.82) is 0 Å². The average molecular weight is 357 g/mol. The van der Waals surface area contributed by atoms with Gasteiger partial charge >= 0.3 is 5.97 Å². The number of anilines is 2. The molecular formula is C18H19N3O3S. The molecule has 25 heavy (non-hydrogen) atoms. The lowest BCUT2D eigenvalue weighted by atomic mass is 10.1. The van der Waals surface area contributed by atoms with Crippen molar-refractivity contribution in [3.63, 3.8) is 0 Å². The number of furan rings is 1. The van der Waals surface area contributed by atoms with E-state index in [0.717, 1.165) is 10.6 Å². The van der Waals surface area contributed by atoms with Gasteiger partial charge in [-0.1, -0.05) is 6.07 Å². The Balaban J connectivity index is 2.14. The maximum atomic E-state index is 12.4. The number of carbonyl (C=O) groups excluding carboxylic acids is 1. The summed E-state index contributed by atoms with van der Waals surface area (Å²) in [5, 5.41) is 3.82. The Bertz CT molecular complexity index is 937. The molecule has 0 aliphatic heterocycles. The number of nitrogens with zero attached hydrogens (tertiary/aromatic N) is 2. The predicted molar refractivity (Wildman–Crippen MR) is 98.7 cm³/mol. The molecule has 0 atom stereocenters. The Morgan fingerprint density at radius 2 is 2.12 bits per heavy atom. The summed E-state index contributed by atoms with van der Waals surface area (Å²) in [6.07, 6.45) is 2.02. The number of rotatable bonds is 5. The predicted octanol–water partition coefficient (Wildman–Crippen LogP) is 4.48. The van der Waals surface area contributed by atoms with Crippen LogP contribution < -0.4 is 5.32 Å². The Labute approximate surface area is 150 Å². The van der Waals surface area contributed by atoms with Gasteiger partial charge < -0.3 is 14.5 Å². The van der Waals surface area contributed by atoms with Gasteiger partial charge in [0, 0.05) is 10.6 Å². The SMILES string of the molecule is CCOC(=O)c1c(C)oc2nc(C)nc(Nc3cccc(SC)c3)c12. The molecule has 7 heteroatoms. The number of aromatic nitrogens is 2. The van der Waals surface area contributed by atoms with Crippen LogP contribution >= 0.6 is 11.8 Å². The summed E-state index contributed by atoms with van der Waals surface area (Å²) in [6, 6.07) is 7.96. The molecule has 2 aromatic heterocycles. The lowest BCUT2D eigenvalue weighted by Crippen LogP contribution is -2.07. The van der Waals surface area contributed by atoms with Gasteiger partial charge in [0.15, 0.2) is 0 Å². The van der Waals surface area contributed by atoms with Crippen molar-refractivity contribution in [1.82, 2.24) is 9.97 Å². The van der Waals surface area contributed by atoms with E-state index in [9.17, 15) is 4.79 Å². The van der Waals surface area contributed by atoms with Crippen LogP contribution in [0.4, 0.5) is 11.5 Å². The van der Waals surface area contributed by atoms with E-state index in [1.807, 2.05) is 30.5 Å². The molecule has 0 saturated heterocycles. The second kappa shape index (κ2) is 7.14. The van der Waals surface area contributed by atoms with Gasteiger partial charge in [-0.2, -0.15) is 4.98 Å². The first kappa shape index (κ1) is 17.3. The molecule has 1 N–H and O–H groups in total. The molecule has 0 saturated carbocycles. The zero-order chi connectivity index (χ0) is 18.0. The molecule has 3 rings (SSSR count). The van der Waals surface area contributed by atoms with E-state index in [4.69, 9.17) is 9.15 Å². The van der Waals surface area contributed by atoms with Crippen molar-refractivity contribution < 1.29 is 13.9 Å². The van der Waals surface area contributed by atoms with E-state index in [0.29, 0.717) is 34.1 Å². The largest absolute Gasteiger partial charge is 0.462 e. The molecular weight excluding hydrogens is 338 g/mol. The third kappa shape index (κ3) is 3.46. The molecule has 0 amide bonds. The minimum atomic E-state index is -0.438. The Morgan fingerprint density at radius 3 is 2.84 bits per heavy atom. The monoisotopic (exact) mass is 357 g/mol. The molecule has 0 aliphatic rings. The van der Waals surface area contributed by atoms with E-state index in [1.165, 1.54) is 0 Å². The topological polar surface area (TPSA) is 77.2 Å². The number of hydrogen-bond donors (Lipinski definition) is 1. The number of thioether (sulfide) groups is 1. The quantitative estimate of drug-likeness (QED) is 0.533. The summed E-state index contributed by atoms with van der Waals surface area (Å²) in [6.45, 7) is 5.56. The van der Waals surface area contributed by atoms with Crippen molar-refractivity contribution in [2.75, 3.05) is 18.2 Å². The van der Waals surface area contributed by atoms with Gasteiger partial charge in [-0.25, -0.2) is 9.78 Å². The number of hydrogen-bond acceptors (Lipinski definition) is 7. The molecule has 0 radical (unpaired) electrons. The van der Waals surface area contributed by atoms with Gasteiger partial charge in [0.25, 0.3) is 0 Å². The van der Waals surface area contributed by atoms with Crippen LogP contribution in [0.2, 0.25) is 0 Å². The Kier molecular flexibility index (Phi) is 4.94. The van der Waals surface area contributed by atoms with Gasteiger partial charge in [-0.05, 0) is 45.2 Å². The van der Waals surface area contributed by atoms with Gasteiger partial charge in [-0.15, -0.1) is 11.8 Å². The molecule has 0 unspecified atom stereocenters. The third-order valence-corrected chi connectivity index (χ3v) is 4.38. The molecule has 1 aromatic carbocycles. The maximum Gasteiger partial charge on any atom is 0.342 e. The van der Waals surface area contributed by atoms with Crippen LogP contribution in [0.25, 0.3) is 11.1 Å². The summed E-state index contributed by atoms with van der Waals surface area (Å²) < 4.78 is 10.8. The van der Waals surface area contributed by atoms with Crippen molar-refractivity contribution in [3.8, 4) is 0 Å². The second-order valence-corrected chi connectivity index (χ2v) is 6.29. The number of benzene rings is 1. The zero-order valence-electron chi connectivity index (χ0n) is 14.5. The lowest BCUT2D eigenvalue weighted by Gasteiger charge is -2.09. The fourth-order valence-electron chi connectivity index (χ4n) is 2.60. The molecule has 3 aromatic rings. The average Bonchev–Trinajstić information content (AvgIpc) is 2.91. The van der Waals surface area contributed by atoms with Gasteiger partial charge in [-0.3, -0.25) is 0 Å². The van der Waals surface area contributed by atoms with Crippen LogP contribution in [-0.2, 0) is 4.74 Å². The highest BCUT2D eigenvalue weighted by atomic mass is 32.2. The van der Waals surface area contributed by atoms with E-state index in [-0.39, 0.29) is 6.61 Å². The molecule has 130 valence electrons. The number of esters is 1. The molecule has 2 heterocycles. The summed E-state index contributed by atoms with van der Waals surface area (Å²) in [5.74, 6) is 1.11. The van der Waals surface area contributed by atoms with Gasteiger partial charge in [0.2, 0.25) is 5.71 Å². The van der Waals surface area contributed by atoms with Crippen LogP contribution in [0, 0.1) is 13.8 Å². The third-order valence-electron chi connectivity index (χ3n) is 3.65. The Hall–Kier alpha value is -2.54. The summed E-state index contributed by atoms with van der Waals surface area (Å²) in [4.78, 5) is 22.3. The summed E-state index contributed by atoms with van der Waals surface area (Å²) in [7, 11) is 0. The Morgan fingerprint density at radius 1 is 1.32 bits per heavy atom. The first-order valence-electron chi connectivity index (χ1n) is 7.89. The summed E-state index contributed by atoms with van der Waals surface area (Å²) >= 11 is 1.65. The highest BCUT2D eigenvalue weighted by Crippen LogP contribution is 2.32. The minimum Gasteiger partial charge on any atom is -0.462 e. The van der Waals surface area contributed by atoms with Gasteiger partial charge in [0.05, 0.1) is 12.0 Å². The number of fused-ring (bicyclic) bond motifs is 1. The molecule has 0 fully saturated rings. The fraction of sp³-hybridized carbons (Fsp3) is 0.278. The number of carbonyl (C=O) groups is 1. The molecule has 0 spiro atoms. The molecule has 6 nitrogen and oxygen atoms in total. The van der Waals surface area contributed by atoms with E-state index in [1.54, 1.807) is 32.5 Å². The highest BCUT2D eigenvalue weighted by Gasteiger charge is 2.24. The van der Waals surface area contributed by atoms with Crippen LogP contribution in [0.3, 0.4) is 0 Å². The number of nitrogens with one attached hydrogen (secondary N) is 1. The van der Waals surface area contributed by atoms with Crippen LogP contribution in [0.15, 0.2) is 33.6 Å². The normalized spacial score (nSPS) is 10.9. The number of aryl methyl sites for hydroxylation is 2. The van der Waals surface area contributed by atoms with Crippen molar-refractivity contribution in [3.05, 3.63) is 41.4 Å². The van der Waals surface area contributed by atoms with Crippen LogP contribution in [0.5, 0.6) is 0 Å². The zero-order valence-corrected chi connectivity index (χ0v) is 15.4. The minimum absolute atomic E-state index is 0.288. The van der Waals surface area contributed by atoms with Crippen molar-refractivity contribution in [2.24, 2.45) is 0 Å². The second-order valence-electron chi connectivity index (χ2n) is 5.41. The first-order chi connectivity index (χ1) is 12.0. The molecule has 0 aliphatic carbocycles. The van der Waals surface area contributed by atoms with Gasteiger partial charge in [0.1, 0.15) is 23.0 Å². The van der Waals surface area contributed by atoms with E-state index < -0.39 is 5.97 Å². The summed E-state index contributed by atoms with van der Waals surface area (Å²) in [5.41, 5.74) is 1.61. The van der Waals surface area contributed by atoms with Crippen molar-refractivity contribution >= 4 is 40.3 Å². The fourth-order valence-corrected chi connectivity index (χ4v) is 3.05. The number of ether oxygens (including phenoxy) is 1. The van der Waals surface area contributed by atoms with Crippen LogP contribution in [0.1, 0.15) is 28.9 Å². The maximum absolute atomic E-state index is 12.4. The first-order valence-corrected chi connectivity index (χ1v) is 9.12. The lowest BCUT2D eigenvalue weighted by molar-refractivity contribution is 0.0526. The highest BCUT2D eigenvalue weighted by molar-refractivity contribution is 7.98. The van der Waals surface area contributed by atoms with Crippen molar-refractivity contribution in [2.45, 2.75) is 25.7 Å². The van der Waals surface area contributed by atoms with E-state index in [2.05, 4.69) is 15.3 Å². The molecule has 0 bridgehead atoms.